The molecule has 0 aliphatic carbocycles. The van der Waals surface area contributed by atoms with Crippen molar-refractivity contribution in [1.29, 1.82) is 0 Å². The second-order valence-corrected chi connectivity index (χ2v) is 8.23. The summed E-state index contributed by atoms with van der Waals surface area (Å²) in [7, 11) is 0. The Balaban J connectivity index is 1.66. The molecule has 1 amide bonds. The first kappa shape index (κ1) is 19.9. The van der Waals surface area contributed by atoms with Crippen LogP contribution in [0.15, 0.2) is 18.2 Å². The summed E-state index contributed by atoms with van der Waals surface area (Å²) in [5.41, 5.74) is 2.17. The van der Waals surface area contributed by atoms with Gasteiger partial charge in [-0.05, 0) is 37.5 Å². The Morgan fingerprint density at radius 2 is 2.11 bits per heavy atom. The number of esters is 1. The first-order chi connectivity index (χ1) is 12.9. The number of benzene rings is 1. The number of likely N-dealkylation sites (tertiary alicyclic amines) is 1. The van der Waals surface area contributed by atoms with Crippen molar-refractivity contribution >= 4 is 11.9 Å². The molecule has 3 atom stereocenters. The fraction of sp³-hybridized carbons (Fsp3) is 0.636. The number of unbranched alkanes of at least 4 members (excludes halogenated alkanes) is 2. The minimum Gasteiger partial charge on any atom is -0.442 e. The molecule has 1 N–H and O–H groups in total. The normalized spacial score (nSPS) is 24.9. The molecule has 3 unspecified atom stereocenters. The van der Waals surface area contributed by atoms with Gasteiger partial charge in [-0.2, -0.15) is 0 Å². The van der Waals surface area contributed by atoms with E-state index in [9.17, 15) is 9.59 Å². The molecule has 3 rings (SSSR count). The SMILES string of the molecule is CCCCCC(C)C(=O)OC12CC(CN1)N(C(=O)c1cccc(C)c1C)C2. The van der Waals surface area contributed by atoms with E-state index < -0.39 is 5.72 Å². The van der Waals surface area contributed by atoms with Crippen molar-refractivity contribution in [3.63, 3.8) is 0 Å². The van der Waals surface area contributed by atoms with E-state index in [-0.39, 0.29) is 23.8 Å². The summed E-state index contributed by atoms with van der Waals surface area (Å²) in [5.74, 6) is -0.215. The van der Waals surface area contributed by atoms with E-state index in [0.29, 0.717) is 19.5 Å². The number of hydrogen-bond acceptors (Lipinski definition) is 4. The Labute approximate surface area is 162 Å². The van der Waals surface area contributed by atoms with E-state index in [1.54, 1.807) is 0 Å². The maximum Gasteiger partial charge on any atom is 0.310 e. The molecule has 0 spiro atoms. The fourth-order valence-electron chi connectivity index (χ4n) is 4.17. The van der Waals surface area contributed by atoms with E-state index in [2.05, 4.69) is 12.2 Å². The second-order valence-electron chi connectivity index (χ2n) is 8.23. The minimum absolute atomic E-state index is 0.0385. The molecule has 2 saturated heterocycles. The van der Waals surface area contributed by atoms with Crippen molar-refractivity contribution in [1.82, 2.24) is 10.2 Å². The van der Waals surface area contributed by atoms with Gasteiger partial charge in [-0.25, -0.2) is 0 Å². The molecule has 27 heavy (non-hydrogen) atoms. The van der Waals surface area contributed by atoms with Crippen LogP contribution in [-0.4, -0.2) is 41.6 Å². The number of aryl methyl sites for hydroxylation is 1. The number of nitrogens with zero attached hydrogens (tertiary/aromatic N) is 1. The molecule has 2 aliphatic heterocycles. The van der Waals surface area contributed by atoms with Crippen LogP contribution >= 0.6 is 0 Å². The highest BCUT2D eigenvalue weighted by molar-refractivity contribution is 5.96. The predicted molar refractivity (Wildman–Crippen MR) is 105 cm³/mol. The molecule has 1 aromatic rings. The third kappa shape index (κ3) is 4.03. The largest absolute Gasteiger partial charge is 0.442 e. The molecule has 0 radical (unpaired) electrons. The van der Waals surface area contributed by atoms with Crippen LogP contribution in [0, 0.1) is 19.8 Å². The number of fused-ring (bicyclic) bond motifs is 2. The van der Waals surface area contributed by atoms with Gasteiger partial charge in [0.2, 0.25) is 0 Å². The minimum atomic E-state index is -0.714. The highest BCUT2D eigenvalue weighted by Crippen LogP contribution is 2.36. The maximum absolute atomic E-state index is 13.1. The Kier molecular flexibility index (Phi) is 5.89. The molecule has 5 heteroatoms. The van der Waals surface area contributed by atoms with E-state index in [1.165, 1.54) is 0 Å². The number of nitrogens with one attached hydrogen (secondary N) is 1. The zero-order chi connectivity index (χ0) is 19.6. The Hall–Kier alpha value is -1.88. The van der Waals surface area contributed by atoms with Crippen molar-refractivity contribution < 1.29 is 14.3 Å². The van der Waals surface area contributed by atoms with Crippen LogP contribution in [0.5, 0.6) is 0 Å². The molecule has 148 valence electrons. The van der Waals surface area contributed by atoms with Gasteiger partial charge in [0.25, 0.3) is 5.91 Å². The van der Waals surface area contributed by atoms with E-state index in [0.717, 1.165) is 42.4 Å². The van der Waals surface area contributed by atoms with Crippen LogP contribution in [-0.2, 0) is 9.53 Å². The third-order valence-electron chi connectivity index (χ3n) is 6.13. The smallest absolute Gasteiger partial charge is 0.310 e. The first-order valence-electron chi connectivity index (χ1n) is 10.2. The summed E-state index contributed by atoms with van der Waals surface area (Å²) in [6.07, 6.45) is 4.87. The topological polar surface area (TPSA) is 58.6 Å². The standard InChI is InChI=1S/C22H32N2O3/c1-5-6-7-9-16(3)21(26)27-22-12-18(13-23-22)24(14-22)20(25)19-11-8-10-15(2)17(19)4/h8,10-11,16,18,23H,5-7,9,12-14H2,1-4H3. The van der Waals surface area contributed by atoms with Gasteiger partial charge in [0.05, 0.1) is 18.5 Å². The second kappa shape index (κ2) is 8.01. The lowest BCUT2D eigenvalue weighted by atomic mass is 10.0. The lowest BCUT2D eigenvalue weighted by molar-refractivity contribution is -0.166. The van der Waals surface area contributed by atoms with Crippen LogP contribution in [0.2, 0.25) is 0 Å². The van der Waals surface area contributed by atoms with Crippen molar-refractivity contribution in [2.45, 2.75) is 71.6 Å². The summed E-state index contributed by atoms with van der Waals surface area (Å²) >= 11 is 0. The summed E-state index contributed by atoms with van der Waals surface area (Å²) in [6, 6.07) is 5.92. The van der Waals surface area contributed by atoms with Gasteiger partial charge in [-0.15, -0.1) is 0 Å². The average molecular weight is 373 g/mol. The van der Waals surface area contributed by atoms with Crippen LogP contribution in [0.25, 0.3) is 0 Å². The van der Waals surface area contributed by atoms with Crippen LogP contribution in [0.1, 0.15) is 67.4 Å². The van der Waals surface area contributed by atoms with Crippen LogP contribution < -0.4 is 5.32 Å². The molecule has 0 aromatic heterocycles. The van der Waals surface area contributed by atoms with Gasteiger partial charge in [-0.3, -0.25) is 14.9 Å². The molecule has 1 aromatic carbocycles. The average Bonchev–Trinajstić information content (AvgIpc) is 3.21. The Bertz CT molecular complexity index is 718. The van der Waals surface area contributed by atoms with E-state index in [1.807, 2.05) is 43.9 Å². The predicted octanol–water partition coefficient (Wildman–Crippen LogP) is 3.58. The molecule has 2 bridgehead atoms. The van der Waals surface area contributed by atoms with Gasteiger partial charge in [0.1, 0.15) is 0 Å². The molecule has 2 heterocycles. The maximum atomic E-state index is 13.1. The van der Waals surface area contributed by atoms with Gasteiger partial charge in [-0.1, -0.05) is 45.2 Å². The summed E-state index contributed by atoms with van der Waals surface area (Å²) in [4.78, 5) is 27.5. The molecule has 2 aliphatic rings. The van der Waals surface area contributed by atoms with Crippen molar-refractivity contribution in [3.8, 4) is 0 Å². The molecule has 5 nitrogen and oxygen atoms in total. The number of ether oxygens (including phenoxy) is 1. The van der Waals surface area contributed by atoms with Gasteiger partial charge >= 0.3 is 5.97 Å². The zero-order valence-corrected chi connectivity index (χ0v) is 17.0. The van der Waals surface area contributed by atoms with Gasteiger partial charge in [0, 0.05) is 18.5 Å². The number of amides is 1. The van der Waals surface area contributed by atoms with Crippen molar-refractivity contribution in [3.05, 3.63) is 34.9 Å². The number of carbonyl (C=O) groups excluding carboxylic acids is 2. The fourth-order valence-corrected chi connectivity index (χ4v) is 4.17. The number of hydrogen-bond donors (Lipinski definition) is 1. The van der Waals surface area contributed by atoms with E-state index >= 15 is 0 Å². The first-order valence-corrected chi connectivity index (χ1v) is 10.2. The molecular weight excluding hydrogens is 340 g/mol. The monoisotopic (exact) mass is 372 g/mol. The number of rotatable bonds is 7. The van der Waals surface area contributed by atoms with Crippen molar-refractivity contribution in [2.75, 3.05) is 13.1 Å². The highest BCUT2D eigenvalue weighted by atomic mass is 16.6. The summed E-state index contributed by atoms with van der Waals surface area (Å²) < 4.78 is 5.91. The Morgan fingerprint density at radius 1 is 1.33 bits per heavy atom. The van der Waals surface area contributed by atoms with Gasteiger partial charge in [0.15, 0.2) is 5.72 Å². The molecular formula is C22H32N2O3. The summed E-state index contributed by atoms with van der Waals surface area (Å²) in [6.45, 7) is 9.21. The molecule has 2 fully saturated rings. The third-order valence-corrected chi connectivity index (χ3v) is 6.13. The van der Waals surface area contributed by atoms with Crippen molar-refractivity contribution in [2.24, 2.45) is 5.92 Å². The Morgan fingerprint density at radius 3 is 2.85 bits per heavy atom. The number of piperazine rings is 1. The van der Waals surface area contributed by atoms with E-state index in [4.69, 9.17) is 4.74 Å². The quantitative estimate of drug-likeness (QED) is 0.587. The summed E-state index contributed by atoms with van der Waals surface area (Å²) in [5, 5.41) is 3.35. The van der Waals surface area contributed by atoms with Gasteiger partial charge < -0.3 is 9.64 Å². The lowest BCUT2D eigenvalue weighted by Gasteiger charge is -2.34. The zero-order valence-electron chi connectivity index (χ0n) is 17.0. The lowest BCUT2D eigenvalue weighted by Crippen LogP contribution is -2.55. The highest BCUT2D eigenvalue weighted by Gasteiger charge is 2.54. The molecule has 0 saturated carbocycles. The van der Waals surface area contributed by atoms with Crippen LogP contribution in [0.4, 0.5) is 0 Å². The van der Waals surface area contributed by atoms with Crippen LogP contribution in [0.3, 0.4) is 0 Å². The number of carbonyl (C=O) groups is 2.